The van der Waals surface area contributed by atoms with Gasteiger partial charge in [-0.15, -0.1) is 0 Å². The van der Waals surface area contributed by atoms with Crippen LogP contribution in [0.4, 0.5) is 0 Å². The summed E-state index contributed by atoms with van der Waals surface area (Å²) in [4.78, 5) is 22.3. The normalized spacial score (nSPS) is 10.3. The minimum Gasteiger partial charge on any atom is -0.489 e. The molecule has 25 heavy (non-hydrogen) atoms. The molecule has 0 saturated carbocycles. The van der Waals surface area contributed by atoms with E-state index in [-0.39, 0.29) is 18.7 Å². The van der Waals surface area contributed by atoms with Crippen LogP contribution in [-0.2, 0) is 22.6 Å². The van der Waals surface area contributed by atoms with Gasteiger partial charge in [-0.3, -0.25) is 9.59 Å². The van der Waals surface area contributed by atoms with Crippen LogP contribution in [-0.4, -0.2) is 23.5 Å². The van der Waals surface area contributed by atoms with Gasteiger partial charge in [-0.25, -0.2) is 0 Å². The molecule has 0 aliphatic carbocycles. The molecule has 0 spiro atoms. The topological polar surface area (TPSA) is 75.6 Å². The first-order valence-electron chi connectivity index (χ1n) is 8.29. The molecule has 0 saturated heterocycles. The maximum atomic E-state index is 11.9. The molecule has 2 N–H and O–H groups in total. The number of aryl methyl sites for hydroxylation is 1. The zero-order valence-corrected chi connectivity index (χ0v) is 14.3. The van der Waals surface area contributed by atoms with Crippen molar-refractivity contribution in [3.8, 4) is 5.75 Å². The lowest BCUT2D eigenvalue weighted by molar-refractivity contribution is -0.137. The number of benzene rings is 2. The van der Waals surface area contributed by atoms with Crippen LogP contribution in [0.2, 0.25) is 0 Å². The van der Waals surface area contributed by atoms with Crippen molar-refractivity contribution >= 4 is 11.9 Å². The first-order valence-corrected chi connectivity index (χ1v) is 8.29. The molecule has 0 atom stereocenters. The summed E-state index contributed by atoms with van der Waals surface area (Å²) >= 11 is 0. The van der Waals surface area contributed by atoms with E-state index in [0.29, 0.717) is 19.6 Å². The van der Waals surface area contributed by atoms with Gasteiger partial charge in [0.1, 0.15) is 12.4 Å². The van der Waals surface area contributed by atoms with Crippen LogP contribution in [0.15, 0.2) is 48.5 Å². The predicted molar refractivity (Wildman–Crippen MR) is 95.5 cm³/mol. The molecule has 0 fully saturated rings. The third-order valence-electron chi connectivity index (χ3n) is 3.81. The second-order valence-corrected chi connectivity index (χ2v) is 5.89. The van der Waals surface area contributed by atoms with Crippen LogP contribution in [0.3, 0.4) is 0 Å². The van der Waals surface area contributed by atoms with E-state index >= 15 is 0 Å². The van der Waals surface area contributed by atoms with E-state index in [0.717, 1.165) is 16.9 Å². The highest BCUT2D eigenvalue weighted by Crippen LogP contribution is 2.17. The van der Waals surface area contributed by atoms with Crippen molar-refractivity contribution in [3.63, 3.8) is 0 Å². The molecule has 2 aromatic carbocycles. The van der Waals surface area contributed by atoms with Crippen LogP contribution in [0.5, 0.6) is 5.75 Å². The summed E-state index contributed by atoms with van der Waals surface area (Å²) in [7, 11) is 0. The molecule has 0 bridgehead atoms. The van der Waals surface area contributed by atoms with Gasteiger partial charge >= 0.3 is 5.97 Å². The maximum Gasteiger partial charge on any atom is 0.303 e. The number of carbonyl (C=O) groups is 2. The molecule has 0 radical (unpaired) electrons. The second kappa shape index (κ2) is 9.47. The van der Waals surface area contributed by atoms with E-state index in [1.54, 1.807) is 0 Å². The van der Waals surface area contributed by atoms with Crippen molar-refractivity contribution in [2.75, 3.05) is 6.54 Å². The highest BCUT2D eigenvalue weighted by molar-refractivity contribution is 5.78. The number of rotatable bonds is 9. The zero-order chi connectivity index (χ0) is 18.1. The first-order chi connectivity index (χ1) is 12.0. The molecule has 1 amide bonds. The van der Waals surface area contributed by atoms with Crippen molar-refractivity contribution in [1.82, 2.24) is 5.32 Å². The Morgan fingerprint density at radius 1 is 1.12 bits per heavy atom. The number of hydrogen-bond acceptors (Lipinski definition) is 3. The van der Waals surface area contributed by atoms with Gasteiger partial charge in [0.15, 0.2) is 0 Å². The zero-order valence-electron chi connectivity index (χ0n) is 14.3. The molecule has 5 heteroatoms. The third-order valence-corrected chi connectivity index (χ3v) is 3.81. The van der Waals surface area contributed by atoms with Crippen LogP contribution < -0.4 is 10.1 Å². The standard InChI is InChI=1S/C20H23NO4/c1-15-6-2-3-8-17(15)14-25-18-9-4-7-16(12-18)13-19(22)21-11-5-10-20(23)24/h2-4,6-9,12H,5,10-11,13-14H2,1H3,(H,21,22)(H,23,24). The molecule has 5 nitrogen and oxygen atoms in total. The van der Waals surface area contributed by atoms with E-state index in [4.69, 9.17) is 9.84 Å². The summed E-state index contributed by atoms with van der Waals surface area (Å²) in [5.41, 5.74) is 3.17. The SMILES string of the molecule is Cc1ccccc1COc1cccc(CC(=O)NCCCC(=O)O)c1. The van der Waals surface area contributed by atoms with Gasteiger partial charge in [-0.1, -0.05) is 36.4 Å². The number of carboxylic acid groups (broad SMARTS) is 1. The number of carbonyl (C=O) groups excluding carboxylic acids is 1. The molecular formula is C20H23NO4. The van der Waals surface area contributed by atoms with Gasteiger partial charge in [-0.2, -0.15) is 0 Å². The number of aliphatic carboxylic acids is 1. The Kier molecular flexibility index (Phi) is 7.01. The molecular weight excluding hydrogens is 318 g/mol. The highest BCUT2D eigenvalue weighted by atomic mass is 16.5. The number of carboxylic acids is 1. The van der Waals surface area contributed by atoms with Crippen LogP contribution in [0.25, 0.3) is 0 Å². The number of ether oxygens (including phenoxy) is 1. The van der Waals surface area contributed by atoms with E-state index in [9.17, 15) is 9.59 Å². The quantitative estimate of drug-likeness (QED) is 0.687. The Morgan fingerprint density at radius 3 is 2.68 bits per heavy atom. The highest BCUT2D eigenvalue weighted by Gasteiger charge is 2.06. The Bertz CT molecular complexity index is 727. The summed E-state index contributed by atoms with van der Waals surface area (Å²) in [6.07, 6.45) is 0.734. The average molecular weight is 341 g/mol. The minimum atomic E-state index is -0.854. The lowest BCUT2D eigenvalue weighted by atomic mass is 10.1. The van der Waals surface area contributed by atoms with Crippen molar-refractivity contribution < 1.29 is 19.4 Å². The Morgan fingerprint density at radius 2 is 1.92 bits per heavy atom. The Labute approximate surface area is 147 Å². The first kappa shape index (κ1) is 18.5. The summed E-state index contributed by atoms with van der Waals surface area (Å²) in [6, 6.07) is 15.5. The molecule has 0 aliphatic rings. The third kappa shape index (κ3) is 6.67. The van der Waals surface area contributed by atoms with Crippen LogP contribution >= 0.6 is 0 Å². The second-order valence-electron chi connectivity index (χ2n) is 5.89. The number of amides is 1. The maximum absolute atomic E-state index is 11.9. The number of hydrogen-bond donors (Lipinski definition) is 2. The van der Waals surface area contributed by atoms with E-state index in [1.165, 1.54) is 5.56 Å². The molecule has 2 aromatic rings. The fraction of sp³-hybridized carbons (Fsp3) is 0.300. The van der Waals surface area contributed by atoms with Crippen LogP contribution in [0, 0.1) is 6.92 Å². The Hall–Kier alpha value is -2.82. The van der Waals surface area contributed by atoms with Gasteiger partial charge in [0.25, 0.3) is 0 Å². The van der Waals surface area contributed by atoms with Crippen LogP contribution in [0.1, 0.15) is 29.5 Å². The lowest BCUT2D eigenvalue weighted by Gasteiger charge is -2.10. The molecule has 2 rings (SSSR count). The van der Waals surface area contributed by atoms with Gasteiger partial charge in [0.05, 0.1) is 6.42 Å². The smallest absolute Gasteiger partial charge is 0.303 e. The molecule has 0 aromatic heterocycles. The average Bonchev–Trinajstić information content (AvgIpc) is 2.58. The van der Waals surface area contributed by atoms with Gasteiger partial charge < -0.3 is 15.2 Å². The minimum absolute atomic E-state index is 0.0580. The van der Waals surface area contributed by atoms with Crippen molar-refractivity contribution in [2.45, 2.75) is 32.8 Å². The van der Waals surface area contributed by atoms with Gasteiger partial charge in [0, 0.05) is 13.0 Å². The summed E-state index contributed by atoms with van der Waals surface area (Å²) in [6.45, 7) is 2.90. The van der Waals surface area contributed by atoms with E-state index in [1.807, 2.05) is 55.5 Å². The van der Waals surface area contributed by atoms with Crippen molar-refractivity contribution in [2.24, 2.45) is 0 Å². The van der Waals surface area contributed by atoms with Crippen molar-refractivity contribution in [1.29, 1.82) is 0 Å². The summed E-state index contributed by atoms with van der Waals surface area (Å²) in [5, 5.41) is 11.3. The molecule has 132 valence electrons. The van der Waals surface area contributed by atoms with Gasteiger partial charge in [-0.05, 0) is 42.2 Å². The van der Waals surface area contributed by atoms with E-state index in [2.05, 4.69) is 5.32 Å². The largest absolute Gasteiger partial charge is 0.489 e. The molecule has 0 aliphatic heterocycles. The summed E-state index contributed by atoms with van der Waals surface area (Å²) in [5.74, 6) is -0.256. The number of nitrogens with one attached hydrogen (secondary N) is 1. The predicted octanol–water partition coefficient (Wildman–Crippen LogP) is 3.10. The summed E-state index contributed by atoms with van der Waals surface area (Å²) < 4.78 is 5.82. The Balaban J connectivity index is 1.83. The van der Waals surface area contributed by atoms with Gasteiger partial charge in [0.2, 0.25) is 5.91 Å². The monoisotopic (exact) mass is 341 g/mol. The lowest BCUT2D eigenvalue weighted by Crippen LogP contribution is -2.26. The van der Waals surface area contributed by atoms with E-state index < -0.39 is 5.97 Å². The fourth-order valence-electron chi connectivity index (χ4n) is 2.39. The molecule has 0 unspecified atom stereocenters. The fourth-order valence-corrected chi connectivity index (χ4v) is 2.39. The molecule has 0 heterocycles. The van der Waals surface area contributed by atoms with Crippen molar-refractivity contribution in [3.05, 3.63) is 65.2 Å².